The molecular weight excluding hydrogens is 270 g/mol. The lowest BCUT2D eigenvalue weighted by atomic mass is 10.1. The molecule has 3 rings (SSSR count). The number of aliphatic carboxylic acids is 1. The first-order valence-electron chi connectivity index (χ1n) is 7.12. The van der Waals surface area contributed by atoms with Gasteiger partial charge in [0.1, 0.15) is 11.8 Å². The number of carboxylic acid groups (broad SMARTS) is 1. The Morgan fingerprint density at radius 1 is 1.38 bits per heavy atom. The average molecular weight is 287 g/mol. The largest absolute Gasteiger partial charge is 0.493 e. The second kappa shape index (κ2) is 5.60. The summed E-state index contributed by atoms with van der Waals surface area (Å²) in [4.78, 5) is 24.6. The number of likely N-dealkylation sites (tertiary alicyclic amines) is 1. The van der Waals surface area contributed by atoms with Crippen LogP contribution in [0, 0.1) is 0 Å². The quantitative estimate of drug-likeness (QED) is 0.859. The van der Waals surface area contributed by atoms with E-state index in [1.165, 1.54) is 11.0 Å². The molecule has 110 valence electrons. The summed E-state index contributed by atoms with van der Waals surface area (Å²) in [5.41, 5.74) is 2.08. The van der Waals surface area contributed by atoms with Crippen molar-refractivity contribution >= 4 is 18.0 Å². The zero-order chi connectivity index (χ0) is 14.8. The summed E-state index contributed by atoms with van der Waals surface area (Å²) in [6.07, 6.45) is 5.35. The van der Waals surface area contributed by atoms with E-state index in [-0.39, 0.29) is 5.91 Å². The molecule has 2 heterocycles. The number of rotatable bonds is 3. The Kier molecular flexibility index (Phi) is 3.64. The number of nitrogens with zero attached hydrogens (tertiary/aromatic N) is 1. The lowest BCUT2D eigenvalue weighted by molar-refractivity contribution is -0.146. The Hall–Kier alpha value is -2.30. The van der Waals surface area contributed by atoms with Gasteiger partial charge in [0.25, 0.3) is 0 Å². The second-order valence-corrected chi connectivity index (χ2v) is 5.33. The zero-order valence-corrected chi connectivity index (χ0v) is 11.6. The van der Waals surface area contributed by atoms with Gasteiger partial charge in [-0.3, -0.25) is 4.79 Å². The number of carbonyl (C=O) groups excluding carboxylic acids is 1. The van der Waals surface area contributed by atoms with Gasteiger partial charge in [0, 0.05) is 19.0 Å². The van der Waals surface area contributed by atoms with E-state index in [1.54, 1.807) is 6.08 Å². The Morgan fingerprint density at radius 3 is 3.05 bits per heavy atom. The highest BCUT2D eigenvalue weighted by molar-refractivity contribution is 5.94. The van der Waals surface area contributed by atoms with Crippen molar-refractivity contribution in [1.82, 2.24) is 4.90 Å². The lowest BCUT2D eigenvalue weighted by Gasteiger charge is -2.19. The summed E-state index contributed by atoms with van der Waals surface area (Å²) in [6, 6.07) is 5.12. The van der Waals surface area contributed by atoms with E-state index in [2.05, 4.69) is 0 Å². The molecule has 0 radical (unpaired) electrons. The fraction of sp³-hybridized carbons (Fsp3) is 0.375. The number of carboxylic acids is 1. The Labute approximate surface area is 122 Å². The smallest absolute Gasteiger partial charge is 0.326 e. The van der Waals surface area contributed by atoms with Crippen LogP contribution in [-0.4, -0.2) is 41.1 Å². The molecule has 1 saturated heterocycles. The maximum Gasteiger partial charge on any atom is 0.326 e. The van der Waals surface area contributed by atoms with Gasteiger partial charge in [-0.2, -0.15) is 0 Å². The summed E-state index contributed by atoms with van der Waals surface area (Å²) in [6.45, 7) is 1.22. The number of hydrogen-bond acceptors (Lipinski definition) is 3. The van der Waals surface area contributed by atoms with E-state index in [4.69, 9.17) is 9.84 Å². The van der Waals surface area contributed by atoms with Crippen LogP contribution in [0.25, 0.3) is 6.08 Å². The Balaban J connectivity index is 1.71. The number of carbonyl (C=O) groups is 2. The van der Waals surface area contributed by atoms with Gasteiger partial charge in [0.05, 0.1) is 6.61 Å². The van der Waals surface area contributed by atoms with E-state index in [9.17, 15) is 9.59 Å². The molecule has 0 unspecified atom stereocenters. The zero-order valence-electron chi connectivity index (χ0n) is 11.6. The normalized spacial score (nSPS) is 20.6. The summed E-state index contributed by atoms with van der Waals surface area (Å²) in [5.74, 6) is -0.260. The van der Waals surface area contributed by atoms with Crippen LogP contribution < -0.4 is 4.74 Å². The molecule has 1 aromatic rings. The monoisotopic (exact) mass is 287 g/mol. The van der Waals surface area contributed by atoms with Crippen LogP contribution in [0.15, 0.2) is 24.3 Å². The third kappa shape index (κ3) is 2.77. The highest BCUT2D eigenvalue weighted by Crippen LogP contribution is 2.26. The third-order valence-corrected chi connectivity index (χ3v) is 3.95. The van der Waals surface area contributed by atoms with Crippen LogP contribution in [-0.2, 0) is 16.0 Å². The fourth-order valence-corrected chi connectivity index (χ4v) is 2.86. The predicted molar refractivity (Wildman–Crippen MR) is 77.0 cm³/mol. The second-order valence-electron chi connectivity index (χ2n) is 5.33. The molecule has 0 aromatic heterocycles. The lowest BCUT2D eigenvalue weighted by Crippen LogP contribution is -2.39. The van der Waals surface area contributed by atoms with E-state index >= 15 is 0 Å². The number of fused-ring (bicyclic) bond motifs is 1. The van der Waals surface area contributed by atoms with E-state index in [0.717, 1.165) is 29.7 Å². The first-order valence-corrected chi connectivity index (χ1v) is 7.12. The van der Waals surface area contributed by atoms with Crippen LogP contribution >= 0.6 is 0 Å². The molecule has 0 bridgehead atoms. The van der Waals surface area contributed by atoms with Crippen molar-refractivity contribution in [3.8, 4) is 5.75 Å². The van der Waals surface area contributed by atoms with Crippen molar-refractivity contribution in [3.63, 3.8) is 0 Å². The van der Waals surface area contributed by atoms with Gasteiger partial charge >= 0.3 is 5.97 Å². The molecule has 1 amide bonds. The molecule has 5 nitrogen and oxygen atoms in total. The van der Waals surface area contributed by atoms with Gasteiger partial charge in [-0.05, 0) is 42.2 Å². The van der Waals surface area contributed by atoms with E-state index in [0.29, 0.717) is 19.6 Å². The molecular formula is C16H17NO4. The molecule has 0 saturated carbocycles. The van der Waals surface area contributed by atoms with Gasteiger partial charge in [0.15, 0.2) is 0 Å². The van der Waals surface area contributed by atoms with Crippen LogP contribution in [0.1, 0.15) is 24.0 Å². The predicted octanol–water partition coefficient (Wildman–Crippen LogP) is 1.71. The van der Waals surface area contributed by atoms with Gasteiger partial charge < -0.3 is 14.7 Å². The van der Waals surface area contributed by atoms with Crippen LogP contribution in [0.2, 0.25) is 0 Å². The molecule has 2 aliphatic heterocycles. The number of hydrogen-bond donors (Lipinski definition) is 1. The van der Waals surface area contributed by atoms with Crippen LogP contribution in [0.4, 0.5) is 0 Å². The number of benzene rings is 1. The van der Waals surface area contributed by atoms with Crippen molar-refractivity contribution in [2.45, 2.75) is 25.3 Å². The first-order chi connectivity index (χ1) is 10.1. The minimum absolute atomic E-state index is 0.239. The molecule has 1 fully saturated rings. The summed E-state index contributed by atoms with van der Waals surface area (Å²) >= 11 is 0. The molecule has 0 aliphatic carbocycles. The van der Waals surface area contributed by atoms with Gasteiger partial charge in [-0.25, -0.2) is 4.79 Å². The average Bonchev–Trinajstić information content (AvgIpc) is 3.12. The molecule has 1 aromatic carbocycles. The minimum atomic E-state index is -0.927. The summed E-state index contributed by atoms with van der Waals surface area (Å²) in [7, 11) is 0. The maximum absolute atomic E-state index is 12.1. The van der Waals surface area contributed by atoms with Crippen LogP contribution in [0.5, 0.6) is 5.75 Å². The van der Waals surface area contributed by atoms with Crippen molar-refractivity contribution in [3.05, 3.63) is 35.4 Å². The Bertz CT molecular complexity index is 608. The van der Waals surface area contributed by atoms with Crippen molar-refractivity contribution in [2.75, 3.05) is 13.2 Å². The van der Waals surface area contributed by atoms with E-state index < -0.39 is 12.0 Å². The van der Waals surface area contributed by atoms with Gasteiger partial charge in [0.2, 0.25) is 5.91 Å². The maximum atomic E-state index is 12.1. The SMILES string of the molecule is O=C(O)[C@H]1CCCN1C(=O)/C=C\c1ccc2c(c1)CCO2. The molecule has 21 heavy (non-hydrogen) atoms. The van der Waals surface area contributed by atoms with Gasteiger partial charge in [-0.1, -0.05) is 6.07 Å². The number of amides is 1. The van der Waals surface area contributed by atoms with Crippen LogP contribution in [0.3, 0.4) is 0 Å². The topological polar surface area (TPSA) is 66.8 Å². The summed E-state index contributed by atoms with van der Waals surface area (Å²) in [5, 5.41) is 9.09. The molecule has 1 atom stereocenters. The molecule has 1 N–H and O–H groups in total. The highest BCUT2D eigenvalue weighted by Gasteiger charge is 2.32. The van der Waals surface area contributed by atoms with Gasteiger partial charge in [-0.15, -0.1) is 0 Å². The Morgan fingerprint density at radius 2 is 2.24 bits per heavy atom. The molecule has 5 heteroatoms. The fourth-order valence-electron chi connectivity index (χ4n) is 2.86. The van der Waals surface area contributed by atoms with Crippen molar-refractivity contribution in [1.29, 1.82) is 0 Å². The minimum Gasteiger partial charge on any atom is -0.493 e. The third-order valence-electron chi connectivity index (χ3n) is 3.95. The highest BCUT2D eigenvalue weighted by atomic mass is 16.5. The van der Waals surface area contributed by atoms with Crippen molar-refractivity contribution < 1.29 is 19.4 Å². The molecule has 0 spiro atoms. The summed E-state index contributed by atoms with van der Waals surface area (Å²) < 4.78 is 5.44. The number of ether oxygens (including phenoxy) is 1. The standard InChI is InChI=1S/C16H17NO4/c18-15(17-8-1-2-13(17)16(19)20)6-4-11-3-5-14-12(10-11)7-9-21-14/h3-6,10,13H,1-2,7-9H2,(H,19,20)/b6-4-/t13-/m1/s1. The molecule has 2 aliphatic rings. The van der Waals surface area contributed by atoms with Crippen molar-refractivity contribution in [2.24, 2.45) is 0 Å². The van der Waals surface area contributed by atoms with E-state index in [1.807, 2.05) is 18.2 Å². The first kappa shape index (κ1) is 13.7.